The van der Waals surface area contributed by atoms with Crippen molar-refractivity contribution in [3.05, 3.63) is 22.4 Å². The zero-order valence-electron chi connectivity index (χ0n) is 12.2. The molecule has 0 spiro atoms. The third kappa shape index (κ3) is 4.10. The van der Waals surface area contributed by atoms with Crippen molar-refractivity contribution in [3.63, 3.8) is 0 Å². The number of nitrogens with zero attached hydrogens (tertiary/aromatic N) is 1. The molecule has 20 heavy (non-hydrogen) atoms. The first kappa shape index (κ1) is 16.8. The van der Waals surface area contributed by atoms with E-state index in [9.17, 15) is 9.59 Å². The molecule has 1 aromatic heterocycles. The number of aromatic nitrogens is 1. The van der Waals surface area contributed by atoms with Gasteiger partial charge in [0, 0.05) is 23.3 Å². The molecule has 1 amide bonds. The van der Waals surface area contributed by atoms with E-state index in [2.05, 4.69) is 21.2 Å². The van der Waals surface area contributed by atoms with Gasteiger partial charge < -0.3 is 15.0 Å². The molecule has 6 heteroatoms. The summed E-state index contributed by atoms with van der Waals surface area (Å²) >= 11 is 3.35. The van der Waals surface area contributed by atoms with E-state index in [0.29, 0.717) is 5.69 Å². The number of carboxylic acid groups (broad SMARTS) is 1. The van der Waals surface area contributed by atoms with Gasteiger partial charge >= 0.3 is 5.97 Å². The minimum absolute atomic E-state index is 0.0311. The summed E-state index contributed by atoms with van der Waals surface area (Å²) in [6.07, 6.45) is 1.84. The quantitative estimate of drug-likeness (QED) is 0.833. The molecule has 1 aromatic rings. The van der Waals surface area contributed by atoms with Gasteiger partial charge in [0.2, 0.25) is 0 Å². The number of carbonyl (C=O) groups excluding carboxylic acids is 1. The van der Waals surface area contributed by atoms with Gasteiger partial charge in [-0.15, -0.1) is 0 Å². The van der Waals surface area contributed by atoms with E-state index in [-0.39, 0.29) is 24.4 Å². The fraction of sp³-hybridized carbons (Fsp3) is 0.571. The van der Waals surface area contributed by atoms with Gasteiger partial charge in [-0.2, -0.15) is 0 Å². The maximum atomic E-state index is 12.2. The first-order chi connectivity index (χ1) is 9.23. The van der Waals surface area contributed by atoms with Gasteiger partial charge in [0.1, 0.15) is 5.69 Å². The van der Waals surface area contributed by atoms with Gasteiger partial charge in [0.25, 0.3) is 5.91 Å². The minimum Gasteiger partial charge on any atom is -0.481 e. The zero-order valence-corrected chi connectivity index (χ0v) is 13.8. The molecule has 1 heterocycles. The van der Waals surface area contributed by atoms with Crippen molar-refractivity contribution in [2.24, 2.45) is 11.8 Å². The summed E-state index contributed by atoms with van der Waals surface area (Å²) in [6, 6.07) is 1.89. The Morgan fingerprint density at radius 2 is 1.95 bits per heavy atom. The van der Waals surface area contributed by atoms with Crippen LogP contribution in [0, 0.1) is 11.8 Å². The van der Waals surface area contributed by atoms with E-state index >= 15 is 0 Å². The third-order valence-electron chi connectivity index (χ3n) is 3.21. The van der Waals surface area contributed by atoms with E-state index in [1.807, 2.05) is 38.5 Å². The Balaban J connectivity index is 2.79. The Kier molecular flexibility index (Phi) is 5.80. The lowest BCUT2D eigenvalue weighted by molar-refractivity contribution is -0.142. The first-order valence-corrected chi connectivity index (χ1v) is 7.41. The lowest BCUT2D eigenvalue weighted by Crippen LogP contribution is -2.36. The lowest BCUT2D eigenvalue weighted by atomic mass is 9.96. The van der Waals surface area contributed by atoms with Crippen molar-refractivity contribution in [2.45, 2.75) is 33.7 Å². The van der Waals surface area contributed by atoms with E-state index in [4.69, 9.17) is 5.11 Å². The van der Waals surface area contributed by atoms with E-state index in [1.165, 1.54) is 0 Å². The summed E-state index contributed by atoms with van der Waals surface area (Å²) in [5, 5.41) is 11.8. The predicted octanol–water partition coefficient (Wildman–Crippen LogP) is 2.92. The van der Waals surface area contributed by atoms with Gasteiger partial charge in [-0.25, -0.2) is 0 Å². The van der Waals surface area contributed by atoms with Crippen LogP contribution in [0.2, 0.25) is 0 Å². The van der Waals surface area contributed by atoms with Crippen LogP contribution in [0.4, 0.5) is 0 Å². The van der Waals surface area contributed by atoms with Gasteiger partial charge in [0.05, 0.1) is 5.92 Å². The number of nitrogens with one attached hydrogen (secondary N) is 1. The highest BCUT2D eigenvalue weighted by molar-refractivity contribution is 9.10. The molecule has 0 aliphatic carbocycles. The molecule has 0 saturated heterocycles. The third-order valence-corrected chi connectivity index (χ3v) is 3.64. The Hall–Kier alpha value is -1.30. The van der Waals surface area contributed by atoms with Gasteiger partial charge in [-0.1, -0.05) is 13.8 Å². The van der Waals surface area contributed by atoms with Crippen LogP contribution in [0.1, 0.15) is 44.2 Å². The Morgan fingerprint density at radius 1 is 1.35 bits per heavy atom. The van der Waals surface area contributed by atoms with Crippen LogP contribution in [0.3, 0.4) is 0 Å². The molecule has 5 nitrogen and oxygen atoms in total. The number of hydrogen-bond donors (Lipinski definition) is 2. The molecular formula is C14H21BrN2O3. The maximum Gasteiger partial charge on any atom is 0.308 e. The summed E-state index contributed by atoms with van der Waals surface area (Å²) in [5.74, 6) is -1.75. The average molecular weight is 345 g/mol. The summed E-state index contributed by atoms with van der Waals surface area (Å²) < 4.78 is 2.68. The highest BCUT2D eigenvalue weighted by atomic mass is 79.9. The van der Waals surface area contributed by atoms with Crippen molar-refractivity contribution in [1.29, 1.82) is 0 Å². The Morgan fingerprint density at radius 3 is 2.40 bits per heavy atom. The summed E-state index contributed by atoms with van der Waals surface area (Å²) in [7, 11) is 0. The molecule has 0 fully saturated rings. The molecule has 0 bridgehead atoms. The normalized spacial score (nSPS) is 12.8. The van der Waals surface area contributed by atoms with Crippen LogP contribution in [-0.2, 0) is 4.79 Å². The first-order valence-electron chi connectivity index (χ1n) is 6.62. The van der Waals surface area contributed by atoms with E-state index in [1.54, 1.807) is 6.07 Å². The van der Waals surface area contributed by atoms with Gasteiger partial charge in [-0.3, -0.25) is 9.59 Å². The molecule has 112 valence electrons. The Labute approximate surface area is 127 Å². The molecule has 1 rings (SSSR count). The van der Waals surface area contributed by atoms with E-state index in [0.717, 1.165) is 4.47 Å². The maximum absolute atomic E-state index is 12.2. The predicted molar refractivity (Wildman–Crippen MR) is 80.8 cm³/mol. The van der Waals surface area contributed by atoms with Crippen molar-refractivity contribution in [2.75, 3.05) is 6.54 Å². The molecule has 0 aromatic carbocycles. The zero-order chi connectivity index (χ0) is 15.4. The second-order valence-corrected chi connectivity index (χ2v) is 6.36. The molecule has 2 N–H and O–H groups in total. The molecule has 0 aliphatic rings. The number of hydrogen-bond acceptors (Lipinski definition) is 2. The van der Waals surface area contributed by atoms with Crippen LogP contribution >= 0.6 is 15.9 Å². The van der Waals surface area contributed by atoms with Crippen LogP contribution < -0.4 is 5.32 Å². The fourth-order valence-corrected chi connectivity index (χ4v) is 2.39. The van der Waals surface area contributed by atoms with Crippen LogP contribution in [0.25, 0.3) is 0 Å². The monoisotopic (exact) mass is 344 g/mol. The summed E-state index contributed by atoms with van der Waals surface area (Å²) in [5.41, 5.74) is 0.528. The molecular weight excluding hydrogens is 324 g/mol. The number of carboxylic acids is 1. The highest BCUT2D eigenvalue weighted by Crippen LogP contribution is 2.19. The Bertz CT molecular complexity index is 495. The van der Waals surface area contributed by atoms with Crippen molar-refractivity contribution in [3.8, 4) is 0 Å². The smallest absolute Gasteiger partial charge is 0.308 e. The van der Waals surface area contributed by atoms with Crippen LogP contribution in [-0.4, -0.2) is 28.1 Å². The SMILES string of the molecule is CC(C)C(CNC(=O)c1cc(Br)cn1C(C)C)C(=O)O. The molecule has 0 saturated carbocycles. The molecule has 1 atom stereocenters. The molecule has 0 radical (unpaired) electrons. The van der Waals surface area contributed by atoms with Crippen molar-refractivity contribution >= 4 is 27.8 Å². The number of amides is 1. The van der Waals surface area contributed by atoms with Gasteiger partial charge in [0.15, 0.2) is 0 Å². The largest absolute Gasteiger partial charge is 0.481 e. The van der Waals surface area contributed by atoms with Crippen molar-refractivity contribution in [1.82, 2.24) is 9.88 Å². The minimum atomic E-state index is -0.888. The highest BCUT2D eigenvalue weighted by Gasteiger charge is 2.23. The topological polar surface area (TPSA) is 71.3 Å². The standard InChI is InChI=1S/C14H21BrN2O3/c1-8(2)11(14(19)20)6-16-13(18)12-5-10(15)7-17(12)9(3)4/h5,7-9,11H,6H2,1-4H3,(H,16,18)(H,19,20). The fourth-order valence-electron chi connectivity index (χ4n) is 1.96. The van der Waals surface area contributed by atoms with Gasteiger partial charge in [-0.05, 0) is 41.8 Å². The molecule has 0 aliphatic heterocycles. The average Bonchev–Trinajstić information content (AvgIpc) is 2.70. The molecule has 1 unspecified atom stereocenters. The van der Waals surface area contributed by atoms with Crippen molar-refractivity contribution < 1.29 is 14.7 Å². The summed E-state index contributed by atoms with van der Waals surface area (Å²) in [4.78, 5) is 23.3. The lowest BCUT2D eigenvalue weighted by Gasteiger charge is -2.18. The second kappa shape index (κ2) is 6.92. The number of carbonyl (C=O) groups is 2. The number of aliphatic carboxylic acids is 1. The summed E-state index contributed by atoms with van der Waals surface area (Å²) in [6.45, 7) is 7.76. The van der Waals surface area contributed by atoms with Crippen LogP contribution in [0.15, 0.2) is 16.7 Å². The van der Waals surface area contributed by atoms with E-state index < -0.39 is 11.9 Å². The number of halogens is 1. The second-order valence-electron chi connectivity index (χ2n) is 5.44. The number of rotatable bonds is 6. The van der Waals surface area contributed by atoms with Crippen LogP contribution in [0.5, 0.6) is 0 Å².